The van der Waals surface area contributed by atoms with E-state index in [-0.39, 0.29) is 6.04 Å². The maximum atomic E-state index is 11.0. The molecule has 1 N–H and O–H groups in total. The van der Waals surface area contributed by atoms with Gasteiger partial charge in [0.2, 0.25) is 0 Å². The molecule has 3 nitrogen and oxygen atoms in total. The van der Waals surface area contributed by atoms with Gasteiger partial charge in [0.25, 0.3) is 0 Å². The van der Waals surface area contributed by atoms with Gasteiger partial charge in [-0.2, -0.15) is 0 Å². The summed E-state index contributed by atoms with van der Waals surface area (Å²) in [5, 5.41) is 9.07. The molecule has 0 radical (unpaired) electrons. The smallest absolute Gasteiger partial charge is 0.407 e. The van der Waals surface area contributed by atoms with Crippen molar-refractivity contribution in [1.29, 1.82) is 0 Å². The fourth-order valence-electron chi connectivity index (χ4n) is 2.14. The van der Waals surface area contributed by atoms with Gasteiger partial charge in [-0.1, -0.05) is 36.4 Å². The second kappa shape index (κ2) is 4.39. The number of nitrogens with zero attached hydrogens (tertiary/aromatic N) is 1. The summed E-state index contributed by atoms with van der Waals surface area (Å²) in [6.45, 7) is 2.53. The molecule has 1 aromatic rings. The van der Waals surface area contributed by atoms with Crippen molar-refractivity contribution in [1.82, 2.24) is 4.90 Å². The molecule has 1 unspecified atom stereocenters. The first-order valence-electron chi connectivity index (χ1n) is 5.45. The van der Waals surface area contributed by atoms with Crippen LogP contribution in [0.1, 0.15) is 18.9 Å². The van der Waals surface area contributed by atoms with E-state index < -0.39 is 6.09 Å². The molecule has 1 amide bonds. The lowest BCUT2D eigenvalue weighted by molar-refractivity contribution is 0.137. The van der Waals surface area contributed by atoms with Crippen molar-refractivity contribution in [2.45, 2.75) is 19.4 Å². The molecule has 0 fully saturated rings. The standard InChI is InChI=1S/C13H15NO2/c1-10-12(11-6-3-2-4-7-11)8-5-9-14(10)13(15)16/h2-4,6-8,10H,5,9H2,1H3,(H,15,16). The zero-order chi connectivity index (χ0) is 11.5. The van der Waals surface area contributed by atoms with Crippen molar-refractivity contribution in [2.75, 3.05) is 6.54 Å². The third-order valence-electron chi connectivity index (χ3n) is 3.00. The zero-order valence-electron chi connectivity index (χ0n) is 9.26. The molecular formula is C13H15NO2. The topological polar surface area (TPSA) is 40.5 Å². The van der Waals surface area contributed by atoms with Crippen molar-refractivity contribution in [3.8, 4) is 0 Å². The van der Waals surface area contributed by atoms with Gasteiger partial charge in [-0.25, -0.2) is 4.79 Å². The molecule has 2 rings (SSSR count). The van der Waals surface area contributed by atoms with Gasteiger partial charge in [0.1, 0.15) is 0 Å². The van der Waals surface area contributed by atoms with Gasteiger partial charge in [-0.3, -0.25) is 0 Å². The average Bonchev–Trinajstić information content (AvgIpc) is 2.30. The van der Waals surface area contributed by atoms with E-state index in [0.29, 0.717) is 6.54 Å². The van der Waals surface area contributed by atoms with Crippen LogP contribution in [0.15, 0.2) is 36.4 Å². The van der Waals surface area contributed by atoms with Gasteiger partial charge >= 0.3 is 6.09 Å². The lowest BCUT2D eigenvalue weighted by Gasteiger charge is -2.32. The maximum absolute atomic E-state index is 11.0. The van der Waals surface area contributed by atoms with Crippen molar-refractivity contribution >= 4 is 11.7 Å². The van der Waals surface area contributed by atoms with E-state index in [4.69, 9.17) is 5.11 Å². The highest BCUT2D eigenvalue weighted by Gasteiger charge is 2.25. The first-order valence-corrected chi connectivity index (χ1v) is 5.45. The Morgan fingerprint density at radius 3 is 2.69 bits per heavy atom. The van der Waals surface area contributed by atoms with E-state index in [0.717, 1.165) is 17.6 Å². The molecule has 0 saturated carbocycles. The molecule has 0 aromatic heterocycles. The van der Waals surface area contributed by atoms with E-state index in [1.54, 1.807) is 0 Å². The summed E-state index contributed by atoms with van der Waals surface area (Å²) in [7, 11) is 0. The normalized spacial score (nSPS) is 20.4. The lowest BCUT2D eigenvalue weighted by Crippen LogP contribution is -2.41. The van der Waals surface area contributed by atoms with Gasteiger partial charge in [0, 0.05) is 6.54 Å². The second-order valence-corrected chi connectivity index (χ2v) is 3.97. The molecule has 1 heterocycles. The number of carbonyl (C=O) groups is 1. The number of amides is 1. The Kier molecular flexibility index (Phi) is 2.95. The minimum atomic E-state index is -0.839. The van der Waals surface area contributed by atoms with Crippen LogP contribution in [0.2, 0.25) is 0 Å². The summed E-state index contributed by atoms with van der Waals surface area (Å²) < 4.78 is 0. The Balaban J connectivity index is 2.29. The van der Waals surface area contributed by atoms with Gasteiger partial charge in [0.15, 0.2) is 0 Å². The molecule has 1 aliphatic rings. The quantitative estimate of drug-likeness (QED) is 0.785. The summed E-state index contributed by atoms with van der Waals surface area (Å²) in [5.74, 6) is 0. The van der Waals surface area contributed by atoms with Crippen LogP contribution in [0.4, 0.5) is 4.79 Å². The fourth-order valence-corrected chi connectivity index (χ4v) is 2.14. The maximum Gasteiger partial charge on any atom is 0.407 e. The molecule has 0 spiro atoms. The van der Waals surface area contributed by atoms with Crippen LogP contribution in [0, 0.1) is 0 Å². The van der Waals surface area contributed by atoms with Crippen molar-refractivity contribution in [3.63, 3.8) is 0 Å². The average molecular weight is 217 g/mol. The monoisotopic (exact) mass is 217 g/mol. The van der Waals surface area contributed by atoms with Crippen molar-refractivity contribution < 1.29 is 9.90 Å². The van der Waals surface area contributed by atoms with Crippen LogP contribution in [0.25, 0.3) is 5.57 Å². The largest absolute Gasteiger partial charge is 0.465 e. The fraction of sp³-hybridized carbons (Fsp3) is 0.308. The molecule has 0 bridgehead atoms. The number of rotatable bonds is 1. The van der Waals surface area contributed by atoms with Gasteiger partial charge in [0.05, 0.1) is 6.04 Å². The molecule has 3 heteroatoms. The first-order chi connectivity index (χ1) is 7.70. The lowest BCUT2D eigenvalue weighted by atomic mass is 9.94. The number of hydrogen-bond acceptors (Lipinski definition) is 1. The molecule has 0 aliphatic carbocycles. The van der Waals surface area contributed by atoms with Crippen LogP contribution >= 0.6 is 0 Å². The highest BCUT2D eigenvalue weighted by Crippen LogP contribution is 2.26. The third kappa shape index (κ3) is 1.94. The summed E-state index contributed by atoms with van der Waals surface area (Å²) in [5.41, 5.74) is 2.22. The van der Waals surface area contributed by atoms with Crippen LogP contribution in [0.5, 0.6) is 0 Å². The van der Waals surface area contributed by atoms with Crippen LogP contribution in [0.3, 0.4) is 0 Å². The molecule has 0 saturated heterocycles. The third-order valence-corrected chi connectivity index (χ3v) is 3.00. The predicted octanol–water partition coefficient (Wildman–Crippen LogP) is 2.84. The molecule has 1 aliphatic heterocycles. The van der Waals surface area contributed by atoms with E-state index in [9.17, 15) is 4.79 Å². The SMILES string of the molecule is CC1C(c2ccccc2)=CCCN1C(=O)O. The zero-order valence-corrected chi connectivity index (χ0v) is 9.26. The molecule has 1 atom stereocenters. The Morgan fingerprint density at radius 1 is 1.38 bits per heavy atom. The van der Waals surface area contributed by atoms with E-state index >= 15 is 0 Å². The number of carboxylic acid groups (broad SMARTS) is 1. The summed E-state index contributed by atoms with van der Waals surface area (Å²) in [4.78, 5) is 12.5. The van der Waals surface area contributed by atoms with E-state index in [1.807, 2.05) is 37.3 Å². The van der Waals surface area contributed by atoms with Gasteiger partial charge < -0.3 is 10.0 Å². The highest BCUT2D eigenvalue weighted by atomic mass is 16.4. The molecular weight excluding hydrogens is 202 g/mol. The highest BCUT2D eigenvalue weighted by molar-refractivity contribution is 5.76. The van der Waals surface area contributed by atoms with E-state index in [2.05, 4.69) is 6.08 Å². The predicted molar refractivity (Wildman–Crippen MR) is 63.2 cm³/mol. The van der Waals surface area contributed by atoms with Crippen molar-refractivity contribution in [2.24, 2.45) is 0 Å². The summed E-state index contributed by atoms with van der Waals surface area (Å²) in [6, 6.07) is 9.90. The van der Waals surface area contributed by atoms with Crippen LogP contribution in [-0.4, -0.2) is 28.7 Å². The number of hydrogen-bond donors (Lipinski definition) is 1. The molecule has 16 heavy (non-hydrogen) atoms. The first kappa shape index (κ1) is 10.7. The molecule has 84 valence electrons. The molecule has 1 aromatic carbocycles. The summed E-state index contributed by atoms with van der Waals surface area (Å²) >= 11 is 0. The van der Waals surface area contributed by atoms with E-state index in [1.165, 1.54) is 4.90 Å². The minimum Gasteiger partial charge on any atom is -0.465 e. The Bertz CT molecular complexity index is 411. The number of benzene rings is 1. The van der Waals surface area contributed by atoms with Gasteiger partial charge in [-0.15, -0.1) is 0 Å². The summed E-state index contributed by atoms with van der Waals surface area (Å²) in [6.07, 6.45) is 2.09. The second-order valence-electron chi connectivity index (χ2n) is 3.97. The van der Waals surface area contributed by atoms with Crippen LogP contribution in [-0.2, 0) is 0 Å². The Labute approximate surface area is 95.0 Å². The minimum absolute atomic E-state index is 0.0614. The Hall–Kier alpha value is -1.77. The van der Waals surface area contributed by atoms with Crippen LogP contribution < -0.4 is 0 Å². The Morgan fingerprint density at radius 2 is 2.06 bits per heavy atom. The van der Waals surface area contributed by atoms with Crippen molar-refractivity contribution in [3.05, 3.63) is 42.0 Å². The van der Waals surface area contributed by atoms with Gasteiger partial charge in [-0.05, 0) is 24.5 Å².